The molecule has 0 radical (unpaired) electrons. The van der Waals surface area contributed by atoms with Crippen LogP contribution < -0.4 is 5.32 Å². The second kappa shape index (κ2) is 6.08. The highest BCUT2D eigenvalue weighted by atomic mass is 16.3. The predicted octanol–water partition coefficient (Wildman–Crippen LogP) is 0.358. The van der Waals surface area contributed by atoms with Crippen molar-refractivity contribution in [3.8, 4) is 0 Å². The lowest BCUT2D eigenvalue weighted by atomic mass is 10.1. The SMILES string of the molecule is CC(O)CC(C)NCC(=O)N1CCCC1. The summed E-state index contributed by atoms with van der Waals surface area (Å²) >= 11 is 0. The summed E-state index contributed by atoms with van der Waals surface area (Å²) in [7, 11) is 0. The summed E-state index contributed by atoms with van der Waals surface area (Å²) in [6.45, 7) is 5.97. The van der Waals surface area contributed by atoms with Crippen molar-refractivity contribution in [2.75, 3.05) is 19.6 Å². The van der Waals surface area contributed by atoms with Gasteiger partial charge in [-0.3, -0.25) is 4.79 Å². The van der Waals surface area contributed by atoms with Gasteiger partial charge in [0.15, 0.2) is 0 Å². The third-order valence-electron chi connectivity index (χ3n) is 2.76. The summed E-state index contributed by atoms with van der Waals surface area (Å²) in [5, 5.41) is 12.3. The molecule has 0 spiro atoms. The van der Waals surface area contributed by atoms with E-state index in [4.69, 9.17) is 5.11 Å². The van der Waals surface area contributed by atoms with Crippen molar-refractivity contribution in [2.24, 2.45) is 0 Å². The molecule has 2 atom stereocenters. The van der Waals surface area contributed by atoms with E-state index in [1.54, 1.807) is 6.92 Å². The molecule has 1 rings (SSSR count). The Balaban J connectivity index is 2.15. The molecule has 0 aromatic heterocycles. The number of amides is 1. The number of nitrogens with zero attached hydrogens (tertiary/aromatic N) is 1. The summed E-state index contributed by atoms with van der Waals surface area (Å²) < 4.78 is 0. The smallest absolute Gasteiger partial charge is 0.236 e. The van der Waals surface area contributed by atoms with E-state index in [0.717, 1.165) is 25.9 Å². The van der Waals surface area contributed by atoms with Crippen LogP contribution in [0.1, 0.15) is 33.1 Å². The molecule has 1 saturated heterocycles. The third kappa shape index (κ3) is 4.62. The van der Waals surface area contributed by atoms with Gasteiger partial charge in [0, 0.05) is 19.1 Å². The minimum Gasteiger partial charge on any atom is -0.393 e. The van der Waals surface area contributed by atoms with Crippen molar-refractivity contribution in [3.05, 3.63) is 0 Å². The van der Waals surface area contributed by atoms with Crippen LogP contribution in [-0.2, 0) is 4.79 Å². The minimum atomic E-state index is -0.311. The van der Waals surface area contributed by atoms with Crippen molar-refractivity contribution >= 4 is 5.91 Å². The van der Waals surface area contributed by atoms with Crippen molar-refractivity contribution in [2.45, 2.75) is 45.3 Å². The first-order valence-electron chi connectivity index (χ1n) is 5.79. The van der Waals surface area contributed by atoms with Crippen molar-refractivity contribution < 1.29 is 9.90 Å². The first kappa shape index (κ1) is 12.5. The third-order valence-corrected chi connectivity index (χ3v) is 2.76. The topological polar surface area (TPSA) is 52.6 Å². The van der Waals surface area contributed by atoms with Gasteiger partial charge in [-0.1, -0.05) is 0 Å². The lowest BCUT2D eigenvalue weighted by Gasteiger charge is -2.19. The molecule has 1 fully saturated rings. The number of carbonyl (C=O) groups is 1. The number of rotatable bonds is 5. The highest BCUT2D eigenvalue weighted by Crippen LogP contribution is 2.07. The van der Waals surface area contributed by atoms with Crippen molar-refractivity contribution in [3.63, 3.8) is 0 Å². The molecule has 0 aromatic rings. The van der Waals surface area contributed by atoms with E-state index in [0.29, 0.717) is 13.0 Å². The van der Waals surface area contributed by atoms with Gasteiger partial charge in [-0.2, -0.15) is 0 Å². The second-order valence-electron chi connectivity index (χ2n) is 4.45. The molecule has 2 N–H and O–H groups in total. The molecule has 0 aromatic carbocycles. The molecule has 1 heterocycles. The first-order valence-corrected chi connectivity index (χ1v) is 5.79. The molecule has 4 nitrogen and oxygen atoms in total. The summed E-state index contributed by atoms with van der Waals surface area (Å²) in [5.74, 6) is 0.185. The van der Waals surface area contributed by atoms with Crippen molar-refractivity contribution in [1.29, 1.82) is 0 Å². The van der Waals surface area contributed by atoms with E-state index in [1.165, 1.54) is 0 Å². The molecular weight excluding hydrogens is 192 g/mol. The Kier molecular flexibility index (Phi) is 5.05. The van der Waals surface area contributed by atoms with Crippen molar-refractivity contribution in [1.82, 2.24) is 10.2 Å². The lowest BCUT2D eigenvalue weighted by molar-refractivity contribution is -0.129. The van der Waals surface area contributed by atoms with Crippen LogP contribution in [0.25, 0.3) is 0 Å². The summed E-state index contributed by atoms with van der Waals surface area (Å²) in [4.78, 5) is 13.5. The molecule has 0 bridgehead atoms. The normalized spacial score (nSPS) is 20.3. The average Bonchev–Trinajstić information content (AvgIpc) is 2.65. The van der Waals surface area contributed by atoms with E-state index in [2.05, 4.69) is 5.32 Å². The van der Waals surface area contributed by atoms with Crippen LogP contribution in [0, 0.1) is 0 Å². The van der Waals surface area contributed by atoms with E-state index >= 15 is 0 Å². The van der Waals surface area contributed by atoms with E-state index in [1.807, 2.05) is 11.8 Å². The van der Waals surface area contributed by atoms with Crippen LogP contribution >= 0.6 is 0 Å². The number of aliphatic hydroxyl groups is 1. The minimum absolute atomic E-state index is 0.185. The van der Waals surface area contributed by atoms with Gasteiger partial charge < -0.3 is 15.3 Å². The molecule has 4 heteroatoms. The van der Waals surface area contributed by atoms with Gasteiger partial charge in [0.25, 0.3) is 0 Å². The molecule has 88 valence electrons. The number of nitrogens with one attached hydrogen (secondary N) is 1. The highest BCUT2D eigenvalue weighted by Gasteiger charge is 2.18. The maximum absolute atomic E-state index is 11.6. The van der Waals surface area contributed by atoms with Crippen LogP contribution in [0.2, 0.25) is 0 Å². The summed E-state index contributed by atoms with van der Waals surface area (Å²) in [6.07, 6.45) is 2.64. The molecular formula is C11H22N2O2. The Labute approximate surface area is 91.6 Å². The zero-order valence-electron chi connectivity index (χ0n) is 9.70. The first-order chi connectivity index (χ1) is 7.09. The van der Waals surface area contributed by atoms with Gasteiger partial charge >= 0.3 is 0 Å². The Bertz CT molecular complexity index is 201. The predicted molar refractivity (Wildman–Crippen MR) is 59.6 cm³/mol. The number of hydrogen-bond acceptors (Lipinski definition) is 3. The average molecular weight is 214 g/mol. The lowest BCUT2D eigenvalue weighted by Crippen LogP contribution is -2.40. The zero-order chi connectivity index (χ0) is 11.3. The number of likely N-dealkylation sites (tertiary alicyclic amines) is 1. The molecule has 0 aliphatic carbocycles. The fourth-order valence-corrected chi connectivity index (χ4v) is 1.93. The van der Waals surface area contributed by atoms with Crippen LogP contribution in [0.15, 0.2) is 0 Å². The maximum atomic E-state index is 11.6. The quantitative estimate of drug-likeness (QED) is 0.694. The number of hydrogen-bond donors (Lipinski definition) is 2. The largest absolute Gasteiger partial charge is 0.393 e. The molecule has 0 saturated carbocycles. The molecule has 1 aliphatic rings. The fraction of sp³-hybridized carbons (Fsp3) is 0.909. The second-order valence-corrected chi connectivity index (χ2v) is 4.45. The Hall–Kier alpha value is -0.610. The Morgan fingerprint density at radius 3 is 2.53 bits per heavy atom. The van der Waals surface area contributed by atoms with Gasteiger partial charge in [-0.15, -0.1) is 0 Å². The molecule has 15 heavy (non-hydrogen) atoms. The van der Waals surface area contributed by atoms with E-state index < -0.39 is 0 Å². The maximum Gasteiger partial charge on any atom is 0.236 e. The van der Waals surface area contributed by atoms with Crippen LogP contribution in [-0.4, -0.2) is 47.7 Å². The van der Waals surface area contributed by atoms with Gasteiger partial charge in [0.1, 0.15) is 0 Å². The van der Waals surface area contributed by atoms with Gasteiger partial charge in [0.05, 0.1) is 12.6 Å². The zero-order valence-corrected chi connectivity index (χ0v) is 9.70. The van der Waals surface area contributed by atoms with Gasteiger partial charge in [0.2, 0.25) is 5.91 Å². The molecule has 1 amide bonds. The van der Waals surface area contributed by atoms with Gasteiger partial charge in [-0.25, -0.2) is 0 Å². The number of carbonyl (C=O) groups excluding carboxylic acids is 1. The van der Waals surface area contributed by atoms with Crippen LogP contribution in [0.5, 0.6) is 0 Å². The summed E-state index contributed by atoms with van der Waals surface area (Å²) in [6, 6.07) is 0.191. The van der Waals surface area contributed by atoms with Crippen LogP contribution in [0.4, 0.5) is 0 Å². The summed E-state index contributed by atoms with van der Waals surface area (Å²) in [5.41, 5.74) is 0. The van der Waals surface area contributed by atoms with Crippen LogP contribution in [0.3, 0.4) is 0 Å². The molecule has 1 aliphatic heterocycles. The Morgan fingerprint density at radius 2 is 2.00 bits per heavy atom. The fourth-order valence-electron chi connectivity index (χ4n) is 1.93. The monoisotopic (exact) mass is 214 g/mol. The Morgan fingerprint density at radius 1 is 1.40 bits per heavy atom. The highest BCUT2D eigenvalue weighted by molar-refractivity contribution is 5.78. The van der Waals surface area contributed by atoms with E-state index in [-0.39, 0.29) is 18.1 Å². The standard InChI is InChI=1S/C11H22N2O2/c1-9(7-10(2)14)12-8-11(15)13-5-3-4-6-13/h9-10,12,14H,3-8H2,1-2H3. The molecule has 2 unspecified atom stereocenters. The van der Waals surface area contributed by atoms with E-state index in [9.17, 15) is 4.79 Å². The number of aliphatic hydroxyl groups excluding tert-OH is 1. The van der Waals surface area contributed by atoms with Gasteiger partial charge in [-0.05, 0) is 33.1 Å².